The van der Waals surface area contributed by atoms with Crippen molar-refractivity contribution in [2.45, 2.75) is 13.0 Å². The van der Waals surface area contributed by atoms with Crippen LogP contribution < -0.4 is 11.1 Å². The van der Waals surface area contributed by atoms with E-state index in [1.54, 1.807) is 18.2 Å². The van der Waals surface area contributed by atoms with Crippen LogP contribution in [0.15, 0.2) is 48.5 Å². The SMILES string of the molecule is Cc1ccccc1NC(C(N)=O)c1cccc(O)c1. The van der Waals surface area contributed by atoms with Crippen LogP contribution >= 0.6 is 0 Å². The number of aromatic hydroxyl groups is 1. The molecule has 0 bridgehead atoms. The van der Waals surface area contributed by atoms with Gasteiger partial charge in [-0.05, 0) is 36.2 Å². The summed E-state index contributed by atoms with van der Waals surface area (Å²) in [6.07, 6.45) is 0. The Bertz CT molecular complexity index is 596. The second-order valence-electron chi connectivity index (χ2n) is 4.39. The third kappa shape index (κ3) is 3.04. The maximum absolute atomic E-state index is 11.6. The van der Waals surface area contributed by atoms with Gasteiger partial charge in [-0.25, -0.2) is 0 Å². The van der Waals surface area contributed by atoms with Gasteiger partial charge in [-0.3, -0.25) is 4.79 Å². The Morgan fingerprint density at radius 1 is 1.21 bits per heavy atom. The number of nitrogens with two attached hydrogens (primary N) is 1. The molecular weight excluding hydrogens is 240 g/mol. The van der Waals surface area contributed by atoms with Crippen LogP contribution in [0.25, 0.3) is 0 Å². The first-order valence-corrected chi connectivity index (χ1v) is 5.98. The molecule has 0 aliphatic heterocycles. The Hall–Kier alpha value is -2.49. The molecule has 0 radical (unpaired) electrons. The Balaban J connectivity index is 2.32. The molecule has 0 spiro atoms. The van der Waals surface area contributed by atoms with Gasteiger partial charge in [-0.1, -0.05) is 30.3 Å². The zero-order valence-electron chi connectivity index (χ0n) is 10.6. The molecule has 1 amide bonds. The van der Waals surface area contributed by atoms with Crippen molar-refractivity contribution in [2.75, 3.05) is 5.32 Å². The van der Waals surface area contributed by atoms with Crippen LogP contribution in [0.5, 0.6) is 5.75 Å². The first kappa shape index (κ1) is 13.0. The number of carbonyl (C=O) groups is 1. The Morgan fingerprint density at radius 2 is 1.95 bits per heavy atom. The quantitative estimate of drug-likeness (QED) is 0.786. The number of rotatable bonds is 4. The van der Waals surface area contributed by atoms with Gasteiger partial charge in [0.05, 0.1) is 0 Å². The highest BCUT2D eigenvalue weighted by Crippen LogP contribution is 2.24. The van der Waals surface area contributed by atoms with Crippen molar-refractivity contribution in [2.24, 2.45) is 5.73 Å². The molecule has 1 unspecified atom stereocenters. The standard InChI is InChI=1S/C15H16N2O2/c1-10-5-2-3-8-13(10)17-14(15(16)19)11-6-4-7-12(18)9-11/h2-9,14,17-18H,1H3,(H2,16,19). The smallest absolute Gasteiger partial charge is 0.244 e. The molecule has 0 aliphatic carbocycles. The molecule has 0 aliphatic rings. The van der Waals surface area contributed by atoms with Crippen LogP contribution in [0.4, 0.5) is 5.69 Å². The van der Waals surface area contributed by atoms with Gasteiger partial charge in [0.1, 0.15) is 11.8 Å². The summed E-state index contributed by atoms with van der Waals surface area (Å²) in [5.74, 6) is -0.385. The Labute approximate surface area is 111 Å². The largest absolute Gasteiger partial charge is 0.508 e. The normalized spacial score (nSPS) is 11.8. The molecule has 19 heavy (non-hydrogen) atoms. The van der Waals surface area contributed by atoms with Crippen molar-refractivity contribution >= 4 is 11.6 Å². The fourth-order valence-corrected chi connectivity index (χ4v) is 1.91. The predicted octanol–water partition coefficient (Wildman–Crippen LogP) is 2.34. The average Bonchev–Trinajstić information content (AvgIpc) is 2.37. The van der Waals surface area contributed by atoms with E-state index in [9.17, 15) is 9.90 Å². The van der Waals surface area contributed by atoms with Crippen molar-refractivity contribution in [1.29, 1.82) is 0 Å². The van der Waals surface area contributed by atoms with Crippen LogP contribution in [0.2, 0.25) is 0 Å². The maximum Gasteiger partial charge on any atom is 0.244 e. The third-order valence-corrected chi connectivity index (χ3v) is 2.93. The highest BCUT2D eigenvalue weighted by atomic mass is 16.3. The van der Waals surface area contributed by atoms with Gasteiger partial charge in [-0.2, -0.15) is 0 Å². The summed E-state index contributed by atoms with van der Waals surface area (Å²) in [6.45, 7) is 1.95. The molecule has 0 saturated carbocycles. The van der Waals surface area contributed by atoms with Crippen LogP contribution in [0.1, 0.15) is 17.2 Å². The van der Waals surface area contributed by atoms with Crippen molar-refractivity contribution in [3.63, 3.8) is 0 Å². The fourth-order valence-electron chi connectivity index (χ4n) is 1.91. The molecule has 0 aromatic heterocycles. The minimum Gasteiger partial charge on any atom is -0.508 e. The summed E-state index contributed by atoms with van der Waals surface area (Å²) in [5, 5.41) is 12.6. The molecule has 0 fully saturated rings. The first-order chi connectivity index (χ1) is 9.08. The molecule has 0 saturated heterocycles. The zero-order valence-corrected chi connectivity index (χ0v) is 10.6. The van der Waals surface area contributed by atoms with E-state index in [0.717, 1.165) is 11.3 Å². The number of phenols is 1. The van der Waals surface area contributed by atoms with E-state index in [-0.39, 0.29) is 5.75 Å². The number of anilines is 1. The van der Waals surface area contributed by atoms with E-state index in [2.05, 4.69) is 5.32 Å². The molecule has 2 aromatic carbocycles. The van der Waals surface area contributed by atoms with Crippen LogP contribution in [0, 0.1) is 6.92 Å². The van der Waals surface area contributed by atoms with Crippen molar-refractivity contribution in [3.05, 3.63) is 59.7 Å². The van der Waals surface area contributed by atoms with Crippen LogP contribution in [0.3, 0.4) is 0 Å². The fraction of sp³-hybridized carbons (Fsp3) is 0.133. The summed E-state index contributed by atoms with van der Waals surface area (Å²) in [6, 6.07) is 13.5. The number of hydrogen-bond donors (Lipinski definition) is 3. The van der Waals surface area contributed by atoms with Gasteiger partial charge in [0.2, 0.25) is 5.91 Å². The minimum absolute atomic E-state index is 0.107. The second-order valence-corrected chi connectivity index (χ2v) is 4.39. The van der Waals surface area contributed by atoms with Gasteiger partial charge in [0.25, 0.3) is 0 Å². The lowest BCUT2D eigenvalue weighted by atomic mass is 10.0. The first-order valence-electron chi connectivity index (χ1n) is 5.98. The van der Waals surface area contributed by atoms with Gasteiger partial charge in [-0.15, -0.1) is 0 Å². The number of primary amides is 1. The zero-order chi connectivity index (χ0) is 13.8. The Morgan fingerprint density at radius 3 is 2.58 bits per heavy atom. The number of nitrogens with one attached hydrogen (secondary N) is 1. The number of aryl methyl sites for hydroxylation is 1. The van der Waals surface area contributed by atoms with Gasteiger partial charge in [0.15, 0.2) is 0 Å². The topological polar surface area (TPSA) is 75.3 Å². The van der Waals surface area contributed by atoms with Gasteiger partial charge >= 0.3 is 0 Å². The van der Waals surface area contributed by atoms with E-state index >= 15 is 0 Å². The highest BCUT2D eigenvalue weighted by molar-refractivity contribution is 5.84. The minimum atomic E-state index is -0.673. The van der Waals surface area contributed by atoms with Gasteiger partial charge < -0.3 is 16.2 Å². The highest BCUT2D eigenvalue weighted by Gasteiger charge is 2.18. The summed E-state index contributed by atoms with van der Waals surface area (Å²) in [4.78, 5) is 11.6. The van der Waals surface area contributed by atoms with Crippen LogP contribution in [-0.4, -0.2) is 11.0 Å². The number of para-hydroxylation sites is 1. The lowest BCUT2D eigenvalue weighted by molar-refractivity contribution is -0.118. The average molecular weight is 256 g/mol. The maximum atomic E-state index is 11.6. The number of benzene rings is 2. The van der Waals surface area contributed by atoms with Crippen LogP contribution in [-0.2, 0) is 4.79 Å². The molecule has 0 heterocycles. The predicted molar refractivity (Wildman–Crippen MR) is 74.8 cm³/mol. The van der Waals surface area contributed by atoms with E-state index < -0.39 is 11.9 Å². The summed E-state index contributed by atoms with van der Waals surface area (Å²) < 4.78 is 0. The monoisotopic (exact) mass is 256 g/mol. The van der Waals surface area contributed by atoms with E-state index in [1.165, 1.54) is 6.07 Å². The van der Waals surface area contributed by atoms with E-state index in [1.807, 2.05) is 31.2 Å². The molecule has 2 rings (SSSR count). The lowest BCUT2D eigenvalue weighted by Gasteiger charge is -2.18. The van der Waals surface area contributed by atoms with Gasteiger partial charge in [0, 0.05) is 5.69 Å². The number of carbonyl (C=O) groups excluding carboxylic acids is 1. The van der Waals surface area contributed by atoms with Crippen molar-refractivity contribution in [1.82, 2.24) is 0 Å². The molecular formula is C15H16N2O2. The summed E-state index contributed by atoms with van der Waals surface area (Å²) in [7, 11) is 0. The summed E-state index contributed by atoms with van der Waals surface area (Å²) >= 11 is 0. The molecule has 4 nitrogen and oxygen atoms in total. The molecule has 4 heteroatoms. The second kappa shape index (κ2) is 5.44. The number of phenolic OH excluding ortho intramolecular Hbond substituents is 1. The molecule has 2 aromatic rings. The van der Waals surface area contributed by atoms with Crippen molar-refractivity contribution in [3.8, 4) is 5.75 Å². The lowest BCUT2D eigenvalue weighted by Crippen LogP contribution is -2.27. The molecule has 4 N–H and O–H groups in total. The Kier molecular flexibility index (Phi) is 3.71. The summed E-state index contributed by atoms with van der Waals surface area (Å²) in [5.41, 5.74) is 7.93. The molecule has 98 valence electrons. The van der Waals surface area contributed by atoms with E-state index in [4.69, 9.17) is 5.73 Å². The van der Waals surface area contributed by atoms with E-state index in [0.29, 0.717) is 5.56 Å². The number of hydrogen-bond acceptors (Lipinski definition) is 3. The third-order valence-electron chi connectivity index (χ3n) is 2.93. The van der Waals surface area contributed by atoms with Crippen molar-refractivity contribution < 1.29 is 9.90 Å². The molecule has 1 atom stereocenters. The number of amides is 1.